The number of nitrogens with zero attached hydrogens (tertiary/aromatic N) is 1. The topological polar surface area (TPSA) is 54.5 Å². The molecular formula is C12H17NO3S. The van der Waals surface area contributed by atoms with Gasteiger partial charge >= 0.3 is 0 Å². The number of hydrogen-bond donors (Lipinski definition) is 0. The van der Waals surface area contributed by atoms with Crippen molar-refractivity contribution < 1.29 is 13.2 Å². The predicted octanol–water partition coefficient (Wildman–Crippen LogP) is 1.37. The molecule has 0 fully saturated rings. The molecule has 94 valence electrons. The zero-order chi connectivity index (χ0) is 13.1. The van der Waals surface area contributed by atoms with Gasteiger partial charge in [-0.1, -0.05) is 12.1 Å². The van der Waals surface area contributed by atoms with E-state index in [0.29, 0.717) is 5.56 Å². The van der Waals surface area contributed by atoms with Crippen LogP contribution in [0.4, 0.5) is 5.69 Å². The maximum Gasteiger partial charge on any atom is 0.163 e. The van der Waals surface area contributed by atoms with Crippen LogP contribution in [-0.4, -0.2) is 40.3 Å². The standard InChI is InChI=1S/C12H17NO3S/c1-13(2)11-6-4-5-10(9-11)12(14)7-8-17(3,15)16/h4-6,9H,7-8H2,1-3H3. The van der Waals surface area contributed by atoms with Gasteiger partial charge in [-0.3, -0.25) is 4.79 Å². The first-order chi connectivity index (χ1) is 7.79. The molecule has 0 aromatic heterocycles. The Bertz CT molecular complexity index is 506. The van der Waals surface area contributed by atoms with Gasteiger partial charge in [0.05, 0.1) is 5.75 Å². The van der Waals surface area contributed by atoms with E-state index in [1.807, 2.05) is 25.1 Å². The minimum absolute atomic E-state index is 0.0374. The van der Waals surface area contributed by atoms with Crippen molar-refractivity contribution in [3.63, 3.8) is 0 Å². The Morgan fingerprint density at radius 3 is 2.47 bits per heavy atom. The summed E-state index contributed by atoms with van der Waals surface area (Å²) in [5.41, 5.74) is 1.48. The highest BCUT2D eigenvalue weighted by Crippen LogP contribution is 2.14. The summed E-state index contributed by atoms with van der Waals surface area (Å²) < 4.78 is 22.0. The van der Waals surface area contributed by atoms with Crippen molar-refractivity contribution in [3.8, 4) is 0 Å². The summed E-state index contributed by atoms with van der Waals surface area (Å²) in [6.07, 6.45) is 1.17. The third-order valence-electron chi connectivity index (χ3n) is 2.38. The Hall–Kier alpha value is -1.36. The summed E-state index contributed by atoms with van der Waals surface area (Å²) in [6, 6.07) is 7.17. The number of benzene rings is 1. The largest absolute Gasteiger partial charge is 0.378 e. The van der Waals surface area contributed by atoms with E-state index in [4.69, 9.17) is 0 Å². The predicted molar refractivity (Wildman–Crippen MR) is 69.4 cm³/mol. The molecule has 0 aliphatic carbocycles. The van der Waals surface area contributed by atoms with Gasteiger partial charge in [-0.15, -0.1) is 0 Å². The first-order valence-electron chi connectivity index (χ1n) is 5.28. The van der Waals surface area contributed by atoms with E-state index < -0.39 is 9.84 Å². The number of carbonyl (C=O) groups excluding carboxylic acids is 1. The maximum atomic E-state index is 11.8. The first kappa shape index (κ1) is 13.7. The van der Waals surface area contributed by atoms with E-state index in [0.717, 1.165) is 11.9 Å². The van der Waals surface area contributed by atoms with Gasteiger partial charge in [0, 0.05) is 38.0 Å². The first-order valence-corrected chi connectivity index (χ1v) is 7.34. The molecule has 0 N–H and O–H groups in total. The minimum Gasteiger partial charge on any atom is -0.378 e. The van der Waals surface area contributed by atoms with Gasteiger partial charge in [0.15, 0.2) is 5.78 Å². The van der Waals surface area contributed by atoms with Gasteiger partial charge in [-0.25, -0.2) is 8.42 Å². The monoisotopic (exact) mass is 255 g/mol. The molecule has 0 amide bonds. The normalized spacial score (nSPS) is 11.2. The van der Waals surface area contributed by atoms with Crippen molar-refractivity contribution in [1.29, 1.82) is 0 Å². The molecule has 0 saturated heterocycles. The molecule has 5 heteroatoms. The lowest BCUT2D eigenvalue weighted by molar-refractivity contribution is 0.0989. The third-order valence-corrected chi connectivity index (χ3v) is 3.33. The molecule has 0 spiro atoms. The quantitative estimate of drug-likeness (QED) is 0.746. The second-order valence-electron chi connectivity index (χ2n) is 4.25. The second kappa shape index (κ2) is 5.31. The van der Waals surface area contributed by atoms with E-state index in [-0.39, 0.29) is 18.0 Å². The lowest BCUT2D eigenvalue weighted by Crippen LogP contribution is -2.12. The van der Waals surface area contributed by atoms with Gasteiger partial charge in [-0.05, 0) is 12.1 Å². The summed E-state index contributed by atoms with van der Waals surface area (Å²) in [5, 5.41) is 0. The zero-order valence-corrected chi connectivity index (χ0v) is 11.1. The van der Waals surface area contributed by atoms with Gasteiger partial charge < -0.3 is 4.90 Å². The van der Waals surface area contributed by atoms with Gasteiger partial charge in [0.25, 0.3) is 0 Å². The van der Waals surface area contributed by atoms with E-state index in [9.17, 15) is 13.2 Å². The Morgan fingerprint density at radius 2 is 1.94 bits per heavy atom. The lowest BCUT2D eigenvalue weighted by atomic mass is 10.1. The second-order valence-corrected chi connectivity index (χ2v) is 6.51. The highest BCUT2D eigenvalue weighted by Gasteiger charge is 2.11. The van der Waals surface area contributed by atoms with Gasteiger partial charge in [-0.2, -0.15) is 0 Å². The molecule has 0 aliphatic heterocycles. The molecular weight excluding hydrogens is 238 g/mol. The third kappa shape index (κ3) is 4.56. The average molecular weight is 255 g/mol. The molecule has 0 bridgehead atoms. The molecule has 0 aliphatic rings. The molecule has 0 saturated carbocycles. The van der Waals surface area contributed by atoms with Crippen LogP contribution in [0.25, 0.3) is 0 Å². The van der Waals surface area contributed by atoms with Crippen molar-refractivity contribution in [2.75, 3.05) is 31.0 Å². The smallest absolute Gasteiger partial charge is 0.163 e. The average Bonchev–Trinajstić information content (AvgIpc) is 2.25. The van der Waals surface area contributed by atoms with Gasteiger partial charge in [0.1, 0.15) is 9.84 Å². The molecule has 0 atom stereocenters. The Balaban J connectivity index is 2.79. The Kier molecular flexibility index (Phi) is 4.28. The number of Topliss-reactive ketones (excluding diaryl/α,β-unsaturated/α-hetero) is 1. The molecule has 4 nitrogen and oxygen atoms in total. The number of anilines is 1. The Morgan fingerprint density at radius 1 is 1.29 bits per heavy atom. The van der Waals surface area contributed by atoms with Gasteiger partial charge in [0.2, 0.25) is 0 Å². The van der Waals surface area contributed by atoms with Crippen LogP contribution in [-0.2, 0) is 9.84 Å². The molecule has 1 aromatic carbocycles. The maximum absolute atomic E-state index is 11.8. The fraction of sp³-hybridized carbons (Fsp3) is 0.417. The number of rotatable bonds is 5. The minimum atomic E-state index is -3.08. The number of ketones is 1. The molecule has 17 heavy (non-hydrogen) atoms. The van der Waals surface area contributed by atoms with Crippen molar-refractivity contribution in [2.24, 2.45) is 0 Å². The molecule has 0 unspecified atom stereocenters. The van der Waals surface area contributed by atoms with E-state index in [1.54, 1.807) is 18.2 Å². The molecule has 1 rings (SSSR count). The van der Waals surface area contributed by atoms with E-state index in [2.05, 4.69) is 0 Å². The van der Waals surface area contributed by atoms with E-state index in [1.165, 1.54) is 0 Å². The van der Waals surface area contributed by atoms with Crippen LogP contribution in [0.5, 0.6) is 0 Å². The lowest BCUT2D eigenvalue weighted by Gasteiger charge is -2.13. The summed E-state index contributed by atoms with van der Waals surface area (Å²) in [6.45, 7) is 0. The van der Waals surface area contributed by atoms with Crippen LogP contribution in [0.2, 0.25) is 0 Å². The van der Waals surface area contributed by atoms with Crippen LogP contribution >= 0.6 is 0 Å². The van der Waals surface area contributed by atoms with E-state index >= 15 is 0 Å². The van der Waals surface area contributed by atoms with Crippen molar-refractivity contribution >= 4 is 21.3 Å². The van der Waals surface area contributed by atoms with Crippen LogP contribution in [0.3, 0.4) is 0 Å². The summed E-state index contributed by atoms with van der Waals surface area (Å²) in [7, 11) is 0.693. The van der Waals surface area contributed by atoms with Crippen molar-refractivity contribution in [1.82, 2.24) is 0 Å². The highest BCUT2D eigenvalue weighted by molar-refractivity contribution is 7.90. The fourth-order valence-electron chi connectivity index (χ4n) is 1.38. The van der Waals surface area contributed by atoms with Crippen molar-refractivity contribution in [3.05, 3.63) is 29.8 Å². The summed E-state index contributed by atoms with van der Waals surface area (Å²) in [4.78, 5) is 13.7. The SMILES string of the molecule is CN(C)c1cccc(C(=O)CCS(C)(=O)=O)c1. The van der Waals surface area contributed by atoms with Crippen LogP contribution in [0.15, 0.2) is 24.3 Å². The number of sulfone groups is 1. The van der Waals surface area contributed by atoms with Crippen LogP contribution in [0, 0.1) is 0 Å². The van der Waals surface area contributed by atoms with Crippen LogP contribution < -0.4 is 4.90 Å². The molecule has 0 heterocycles. The fourth-order valence-corrected chi connectivity index (χ4v) is 1.94. The van der Waals surface area contributed by atoms with Crippen molar-refractivity contribution in [2.45, 2.75) is 6.42 Å². The molecule has 0 radical (unpaired) electrons. The summed E-state index contributed by atoms with van der Waals surface area (Å²) >= 11 is 0. The summed E-state index contributed by atoms with van der Waals surface area (Å²) in [5.74, 6) is -0.239. The molecule has 1 aromatic rings. The Labute approximate surface area is 102 Å². The van der Waals surface area contributed by atoms with Crippen LogP contribution in [0.1, 0.15) is 16.8 Å². The zero-order valence-electron chi connectivity index (χ0n) is 10.3. The number of carbonyl (C=O) groups is 1. The number of hydrogen-bond acceptors (Lipinski definition) is 4. The highest BCUT2D eigenvalue weighted by atomic mass is 32.2.